The zero-order valence-corrected chi connectivity index (χ0v) is 16.0. The zero-order valence-electron chi connectivity index (χ0n) is 16.0. The Morgan fingerprint density at radius 3 is 2.68 bits per heavy atom. The Balaban J connectivity index is 1.46. The van der Waals surface area contributed by atoms with Crippen molar-refractivity contribution in [3.05, 3.63) is 0 Å². The van der Waals surface area contributed by atoms with Crippen molar-refractivity contribution >= 4 is 5.96 Å². The summed E-state index contributed by atoms with van der Waals surface area (Å²) in [5.74, 6) is 1.78. The maximum Gasteiger partial charge on any atom is 0.194 e. The minimum Gasteiger partial charge on any atom is -0.381 e. The average molecular weight is 354 g/mol. The summed E-state index contributed by atoms with van der Waals surface area (Å²) in [6.45, 7) is 14.0. The first-order valence-electron chi connectivity index (χ1n) is 9.88. The van der Waals surface area contributed by atoms with Gasteiger partial charge in [-0.25, -0.2) is 0 Å². The summed E-state index contributed by atoms with van der Waals surface area (Å²) in [6, 6.07) is 0. The van der Waals surface area contributed by atoms with Crippen LogP contribution in [-0.4, -0.2) is 113 Å². The van der Waals surface area contributed by atoms with Crippen LogP contribution in [0.2, 0.25) is 0 Å². The molecule has 25 heavy (non-hydrogen) atoms. The number of aliphatic imine (C=N–C) groups is 1. The fraction of sp³-hybridized carbons (Fsp3) is 0.944. The van der Waals surface area contributed by atoms with Crippen LogP contribution in [0.15, 0.2) is 4.99 Å². The first kappa shape index (κ1) is 18.9. The third-order valence-corrected chi connectivity index (χ3v) is 5.33. The standard InChI is InChI=1S/C18H35N5O2/c1-3-19-18(20-12-17-14-21(2)9-11-25-17)23-7-5-22(6-8-23)13-16-4-10-24-15-16/h16-17H,3-15H2,1-2H3,(H,19,20). The molecule has 0 bridgehead atoms. The molecule has 3 heterocycles. The van der Waals surface area contributed by atoms with Gasteiger partial charge in [0.2, 0.25) is 0 Å². The highest BCUT2D eigenvalue weighted by molar-refractivity contribution is 5.80. The molecule has 0 aliphatic carbocycles. The van der Waals surface area contributed by atoms with E-state index in [1.165, 1.54) is 13.0 Å². The van der Waals surface area contributed by atoms with E-state index in [9.17, 15) is 0 Å². The molecular weight excluding hydrogens is 318 g/mol. The number of hydrogen-bond donors (Lipinski definition) is 1. The first-order valence-corrected chi connectivity index (χ1v) is 9.88. The van der Waals surface area contributed by atoms with Crippen molar-refractivity contribution in [3.63, 3.8) is 0 Å². The van der Waals surface area contributed by atoms with Gasteiger partial charge >= 0.3 is 0 Å². The van der Waals surface area contributed by atoms with Crippen LogP contribution in [0.25, 0.3) is 0 Å². The van der Waals surface area contributed by atoms with Gasteiger partial charge in [-0.3, -0.25) is 9.89 Å². The number of hydrogen-bond acceptors (Lipinski definition) is 5. The van der Waals surface area contributed by atoms with Gasteiger partial charge in [-0.15, -0.1) is 0 Å². The molecule has 0 aromatic heterocycles. The Labute approximate surface area is 152 Å². The van der Waals surface area contributed by atoms with Gasteiger partial charge in [0.25, 0.3) is 0 Å². The highest BCUT2D eigenvalue weighted by Crippen LogP contribution is 2.15. The molecule has 3 fully saturated rings. The van der Waals surface area contributed by atoms with E-state index in [-0.39, 0.29) is 6.10 Å². The molecule has 0 aromatic rings. The molecule has 0 aromatic carbocycles. The molecule has 0 spiro atoms. The van der Waals surface area contributed by atoms with Gasteiger partial charge in [-0.1, -0.05) is 0 Å². The Morgan fingerprint density at radius 1 is 1.16 bits per heavy atom. The molecule has 3 aliphatic heterocycles. The molecule has 0 radical (unpaired) electrons. The summed E-state index contributed by atoms with van der Waals surface area (Å²) in [7, 11) is 2.15. The van der Waals surface area contributed by atoms with E-state index in [1.54, 1.807) is 0 Å². The minimum absolute atomic E-state index is 0.219. The van der Waals surface area contributed by atoms with Crippen LogP contribution in [-0.2, 0) is 9.47 Å². The van der Waals surface area contributed by atoms with Crippen molar-refractivity contribution in [2.24, 2.45) is 10.9 Å². The van der Waals surface area contributed by atoms with E-state index in [2.05, 4.69) is 34.0 Å². The Hall–Kier alpha value is -0.890. The number of morpholine rings is 1. The molecule has 7 heteroatoms. The molecule has 1 N–H and O–H groups in total. The number of guanidine groups is 1. The van der Waals surface area contributed by atoms with Gasteiger partial charge in [-0.2, -0.15) is 0 Å². The van der Waals surface area contributed by atoms with Crippen molar-refractivity contribution in [1.29, 1.82) is 0 Å². The predicted octanol–water partition coefficient (Wildman–Crippen LogP) is -0.0634. The zero-order chi connectivity index (χ0) is 17.5. The second-order valence-corrected chi connectivity index (χ2v) is 7.47. The average Bonchev–Trinajstić information content (AvgIpc) is 3.12. The van der Waals surface area contributed by atoms with Crippen LogP contribution in [0.3, 0.4) is 0 Å². The monoisotopic (exact) mass is 353 g/mol. The molecule has 144 valence electrons. The van der Waals surface area contributed by atoms with Crippen LogP contribution in [0.5, 0.6) is 0 Å². The molecule has 7 nitrogen and oxygen atoms in total. The molecular formula is C18H35N5O2. The SMILES string of the molecule is CCNC(=NCC1CN(C)CCO1)N1CCN(CC2CCOC2)CC1. The molecule has 0 amide bonds. The minimum atomic E-state index is 0.219. The largest absolute Gasteiger partial charge is 0.381 e. The van der Waals surface area contributed by atoms with Gasteiger partial charge in [0.1, 0.15) is 0 Å². The molecule has 3 saturated heterocycles. The smallest absolute Gasteiger partial charge is 0.194 e. The van der Waals surface area contributed by atoms with Crippen molar-refractivity contribution in [2.45, 2.75) is 19.4 Å². The normalized spacial score (nSPS) is 30.0. The maximum atomic E-state index is 5.84. The highest BCUT2D eigenvalue weighted by atomic mass is 16.5. The van der Waals surface area contributed by atoms with Crippen LogP contribution in [0.4, 0.5) is 0 Å². The molecule has 3 aliphatic rings. The van der Waals surface area contributed by atoms with Crippen molar-refractivity contribution in [2.75, 3.05) is 85.8 Å². The Kier molecular flexibility index (Phi) is 7.34. The van der Waals surface area contributed by atoms with Crippen LogP contribution < -0.4 is 5.32 Å². The van der Waals surface area contributed by atoms with Gasteiger partial charge in [-0.05, 0) is 26.3 Å². The summed E-state index contributed by atoms with van der Waals surface area (Å²) in [4.78, 5) is 12.2. The number of nitrogens with zero attached hydrogens (tertiary/aromatic N) is 4. The van der Waals surface area contributed by atoms with Gasteiger partial charge in [0.05, 0.1) is 25.9 Å². The van der Waals surface area contributed by atoms with Crippen LogP contribution in [0, 0.1) is 5.92 Å². The Morgan fingerprint density at radius 2 is 2.00 bits per heavy atom. The number of nitrogens with one attached hydrogen (secondary N) is 1. The molecule has 2 unspecified atom stereocenters. The molecule has 2 atom stereocenters. The number of rotatable bonds is 5. The Bertz CT molecular complexity index is 420. The summed E-state index contributed by atoms with van der Waals surface area (Å²) < 4.78 is 11.3. The second kappa shape index (κ2) is 9.71. The van der Waals surface area contributed by atoms with Crippen LogP contribution >= 0.6 is 0 Å². The lowest BCUT2D eigenvalue weighted by Crippen LogP contribution is -2.53. The van der Waals surface area contributed by atoms with Gasteiger partial charge in [0.15, 0.2) is 5.96 Å². The third kappa shape index (κ3) is 5.81. The molecule has 3 rings (SSSR count). The summed E-state index contributed by atoms with van der Waals surface area (Å²) in [6.07, 6.45) is 1.44. The van der Waals surface area contributed by atoms with E-state index in [4.69, 9.17) is 14.5 Å². The fourth-order valence-corrected chi connectivity index (χ4v) is 3.83. The third-order valence-electron chi connectivity index (χ3n) is 5.33. The highest BCUT2D eigenvalue weighted by Gasteiger charge is 2.24. The van der Waals surface area contributed by atoms with Crippen molar-refractivity contribution in [1.82, 2.24) is 20.0 Å². The topological polar surface area (TPSA) is 52.6 Å². The maximum absolute atomic E-state index is 5.84. The van der Waals surface area contributed by atoms with Crippen molar-refractivity contribution in [3.8, 4) is 0 Å². The first-order chi connectivity index (χ1) is 12.2. The lowest BCUT2D eigenvalue weighted by molar-refractivity contribution is -0.0137. The van der Waals surface area contributed by atoms with E-state index >= 15 is 0 Å². The fourth-order valence-electron chi connectivity index (χ4n) is 3.83. The van der Waals surface area contributed by atoms with Crippen LogP contribution in [0.1, 0.15) is 13.3 Å². The molecule has 0 saturated carbocycles. The second-order valence-electron chi connectivity index (χ2n) is 7.47. The summed E-state index contributed by atoms with van der Waals surface area (Å²) >= 11 is 0. The number of piperazine rings is 1. The lowest BCUT2D eigenvalue weighted by Gasteiger charge is -2.37. The van der Waals surface area contributed by atoms with Crippen molar-refractivity contribution < 1.29 is 9.47 Å². The lowest BCUT2D eigenvalue weighted by atomic mass is 10.1. The summed E-state index contributed by atoms with van der Waals surface area (Å²) in [5, 5.41) is 3.46. The van der Waals surface area contributed by atoms with E-state index in [0.717, 1.165) is 84.1 Å². The van der Waals surface area contributed by atoms with E-state index < -0.39 is 0 Å². The van der Waals surface area contributed by atoms with E-state index in [0.29, 0.717) is 0 Å². The van der Waals surface area contributed by atoms with E-state index in [1.807, 2.05) is 0 Å². The quantitative estimate of drug-likeness (QED) is 0.552. The van der Waals surface area contributed by atoms with Gasteiger partial charge in [0, 0.05) is 59.0 Å². The van der Waals surface area contributed by atoms with Gasteiger partial charge < -0.3 is 24.6 Å². The number of likely N-dealkylation sites (N-methyl/N-ethyl adjacent to an activating group) is 1. The number of ether oxygens (including phenoxy) is 2. The summed E-state index contributed by atoms with van der Waals surface area (Å²) in [5.41, 5.74) is 0. The predicted molar refractivity (Wildman–Crippen MR) is 100 cm³/mol.